The van der Waals surface area contributed by atoms with Gasteiger partial charge in [0.25, 0.3) is 0 Å². The average Bonchev–Trinajstić information content (AvgIpc) is 3.04. The van der Waals surface area contributed by atoms with Gasteiger partial charge in [0.15, 0.2) is 5.65 Å². The van der Waals surface area contributed by atoms with Gasteiger partial charge in [0.2, 0.25) is 5.91 Å². The number of hydrogen-bond donors (Lipinski definition) is 1. The van der Waals surface area contributed by atoms with Gasteiger partial charge in [-0.2, -0.15) is 5.26 Å². The average molecular weight is 384 g/mol. The highest BCUT2D eigenvalue weighted by Crippen LogP contribution is 2.18. The molecule has 8 heteroatoms. The van der Waals surface area contributed by atoms with Crippen LogP contribution < -0.4 is 11.0 Å². The Hall–Kier alpha value is -4.25. The number of anilines is 1. The SMILES string of the molecule is Cc1nc(-c2ccccc2)cc2nn(CC(=O)Nc3ccc(C#N)cc3)c(=O)n12. The van der Waals surface area contributed by atoms with Crippen LogP contribution in [0.15, 0.2) is 65.5 Å². The van der Waals surface area contributed by atoms with E-state index in [1.54, 1.807) is 37.3 Å². The third-order valence-electron chi connectivity index (χ3n) is 4.40. The Bertz CT molecular complexity index is 1300. The van der Waals surface area contributed by atoms with Crippen LogP contribution in [0.4, 0.5) is 5.69 Å². The number of amides is 1. The van der Waals surface area contributed by atoms with E-state index in [4.69, 9.17) is 5.26 Å². The van der Waals surface area contributed by atoms with Crippen LogP contribution in [0.2, 0.25) is 0 Å². The Morgan fingerprint density at radius 3 is 2.55 bits per heavy atom. The van der Waals surface area contributed by atoms with Crippen molar-refractivity contribution >= 4 is 17.2 Å². The summed E-state index contributed by atoms with van der Waals surface area (Å²) in [4.78, 5) is 29.5. The highest BCUT2D eigenvalue weighted by Gasteiger charge is 2.14. The van der Waals surface area contributed by atoms with Crippen LogP contribution in [0.1, 0.15) is 11.4 Å². The molecule has 0 aliphatic rings. The minimum absolute atomic E-state index is 0.235. The maximum Gasteiger partial charge on any atom is 0.352 e. The third kappa shape index (κ3) is 3.61. The molecule has 0 aliphatic carbocycles. The summed E-state index contributed by atoms with van der Waals surface area (Å²) in [6, 6.07) is 19.8. The highest BCUT2D eigenvalue weighted by molar-refractivity contribution is 5.90. The number of rotatable bonds is 4. The molecule has 1 N–H and O–H groups in total. The molecular formula is C21H16N6O2. The van der Waals surface area contributed by atoms with E-state index in [0.29, 0.717) is 28.4 Å². The Labute approximate surface area is 165 Å². The van der Waals surface area contributed by atoms with E-state index in [2.05, 4.69) is 15.4 Å². The molecule has 8 nitrogen and oxygen atoms in total. The first-order chi connectivity index (χ1) is 14.0. The second kappa shape index (κ2) is 7.40. The fourth-order valence-electron chi connectivity index (χ4n) is 3.03. The molecule has 1 amide bonds. The first kappa shape index (κ1) is 18.1. The monoisotopic (exact) mass is 384 g/mol. The van der Waals surface area contributed by atoms with E-state index in [-0.39, 0.29) is 6.54 Å². The molecule has 2 aromatic heterocycles. The van der Waals surface area contributed by atoms with Crippen LogP contribution in [-0.2, 0) is 11.3 Å². The van der Waals surface area contributed by atoms with Crippen LogP contribution in [0, 0.1) is 18.3 Å². The number of nitrogens with one attached hydrogen (secondary N) is 1. The number of benzene rings is 2. The molecule has 0 saturated heterocycles. The maximum atomic E-state index is 12.7. The van der Waals surface area contributed by atoms with Gasteiger partial charge in [0.1, 0.15) is 12.4 Å². The van der Waals surface area contributed by atoms with Crippen molar-refractivity contribution in [3.63, 3.8) is 0 Å². The van der Waals surface area contributed by atoms with E-state index in [9.17, 15) is 9.59 Å². The van der Waals surface area contributed by atoms with Gasteiger partial charge in [-0.25, -0.2) is 18.9 Å². The minimum atomic E-state index is -0.431. The Balaban J connectivity index is 1.61. The topological polar surface area (TPSA) is 105 Å². The largest absolute Gasteiger partial charge is 0.352 e. The molecule has 4 aromatic rings. The van der Waals surface area contributed by atoms with Crippen LogP contribution in [0.25, 0.3) is 16.9 Å². The highest BCUT2D eigenvalue weighted by atomic mass is 16.2. The maximum absolute atomic E-state index is 12.7. The van der Waals surface area contributed by atoms with Crippen molar-refractivity contribution in [3.8, 4) is 17.3 Å². The van der Waals surface area contributed by atoms with Crippen molar-refractivity contribution < 1.29 is 4.79 Å². The molecule has 0 radical (unpaired) electrons. The predicted octanol–water partition coefficient (Wildman–Crippen LogP) is 2.38. The molecule has 0 unspecified atom stereocenters. The van der Waals surface area contributed by atoms with Gasteiger partial charge in [0.05, 0.1) is 17.3 Å². The third-order valence-corrected chi connectivity index (χ3v) is 4.40. The lowest BCUT2D eigenvalue weighted by Gasteiger charge is -2.04. The molecule has 29 heavy (non-hydrogen) atoms. The summed E-state index contributed by atoms with van der Waals surface area (Å²) < 4.78 is 2.49. The van der Waals surface area contributed by atoms with Crippen molar-refractivity contribution in [2.24, 2.45) is 0 Å². The Morgan fingerprint density at radius 1 is 1.14 bits per heavy atom. The first-order valence-electron chi connectivity index (χ1n) is 8.88. The summed E-state index contributed by atoms with van der Waals surface area (Å²) in [5, 5.41) is 15.8. The van der Waals surface area contributed by atoms with Gasteiger partial charge in [-0.05, 0) is 31.2 Å². The van der Waals surface area contributed by atoms with E-state index in [1.165, 1.54) is 4.40 Å². The van der Waals surface area contributed by atoms with Gasteiger partial charge < -0.3 is 5.32 Å². The molecule has 0 atom stereocenters. The number of hydrogen-bond acceptors (Lipinski definition) is 5. The van der Waals surface area contributed by atoms with Gasteiger partial charge in [0, 0.05) is 17.3 Å². The smallest absolute Gasteiger partial charge is 0.324 e. The Morgan fingerprint density at radius 2 is 1.86 bits per heavy atom. The number of aryl methyl sites for hydroxylation is 1. The van der Waals surface area contributed by atoms with Gasteiger partial charge >= 0.3 is 5.69 Å². The first-order valence-corrected chi connectivity index (χ1v) is 8.88. The zero-order chi connectivity index (χ0) is 20.4. The molecule has 0 fully saturated rings. The Kier molecular flexibility index (Phi) is 4.63. The number of aromatic nitrogens is 4. The summed E-state index contributed by atoms with van der Waals surface area (Å²) in [5.41, 5.74) is 2.65. The van der Waals surface area contributed by atoms with Gasteiger partial charge in [-0.3, -0.25) is 4.79 Å². The molecule has 0 bridgehead atoms. The lowest BCUT2D eigenvalue weighted by atomic mass is 10.1. The van der Waals surface area contributed by atoms with Crippen molar-refractivity contribution in [2.45, 2.75) is 13.5 Å². The van der Waals surface area contributed by atoms with Gasteiger partial charge in [-0.15, -0.1) is 5.10 Å². The van der Waals surface area contributed by atoms with E-state index < -0.39 is 11.6 Å². The second-order valence-corrected chi connectivity index (χ2v) is 6.43. The predicted molar refractivity (Wildman–Crippen MR) is 107 cm³/mol. The van der Waals surface area contributed by atoms with Crippen molar-refractivity contribution in [1.82, 2.24) is 19.2 Å². The molecule has 2 aromatic carbocycles. The molecule has 2 heterocycles. The zero-order valence-electron chi connectivity index (χ0n) is 15.5. The second-order valence-electron chi connectivity index (χ2n) is 6.43. The lowest BCUT2D eigenvalue weighted by molar-refractivity contribution is -0.117. The standard InChI is InChI=1S/C21H16N6O2/c1-14-23-18(16-5-3-2-4-6-16)11-19-25-26(21(29)27(14)19)13-20(28)24-17-9-7-15(12-22)8-10-17/h2-11H,13H2,1H3,(H,24,28). The molecule has 0 aliphatic heterocycles. The summed E-state index contributed by atoms with van der Waals surface area (Å²) in [6.45, 7) is 1.49. The molecule has 0 saturated carbocycles. The quantitative estimate of drug-likeness (QED) is 0.582. The fraction of sp³-hybridized carbons (Fsp3) is 0.0952. The molecule has 142 valence electrons. The van der Waals surface area contributed by atoms with Crippen molar-refractivity contribution in [1.29, 1.82) is 5.26 Å². The summed E-state index contributed by atoms with van der Waals surface area (Å²) in [7, 11) is 0. The lowest BCUT2D eigenvalue weighted by Crippen LogP contribution is -2.28. The normalized spacial score (nSPS) is 10.6. The van der Waals surface area contributed by atoms with E-state index >= 15 is 0 Å². The molecular weight excluding hydrogens is 368 g/mol. The molecule has 4 rings (SSSR count). The molecule has 0 spiro atoms. The van der Waals surface area contributed by atoms with Crippen LogP contribution in [0.5, 0.6) is 0 Å². The number of carbonyl (C=O) groups is 1. The minimum Gasteiger partial charge on any atom is -0.324 e. The summed E-state index contributed by atoms with van der Waals surface area (Å²) in [5.74, 6) is 0.0965. The zero-order valence-corrected chi connectivity index (χ0v) is 15.5. The number of carbonyl (C=O) groups excluding carboxylic acids is 1. The van der Waals surface area contributed by atoms with Crippen molar-refractivity contribution in [2.75, 3.05) is 5.32 Å². The number of nitrogens with zero attached hydrogens (tertiary/aromatic N) is 5. The number of nitriles is 1. The van der Waals surface area contributed by atoms with Crippen LogP contribution in [-0.4, -0.2) is 25.1 Å². The van der Waals surface area contributed by atoms with Gasteiger partial charge in [-0.1, -0.05) is 30.3 Å². The fourth-order valence-corrected chi connectivity index (χ4v) is 3.03. The van der Waals surface area contributed by atoms with E-state index in [1.807, 2.05) is 36.4 Å². The van der Waals surface area contributed by atoms with Crippen LogP contribution in [0.3, 0.4) is 0 Å². The number of fused-ring (bicyclic) bond motifs is 1. The van der Waals surface area contributed by atoms with Crippen molar-refractivity contribution in [3.05, 3.63) is 82.5 Å². The van der Waals surface area contributed by atoms with Crippen LogP contribution >= 0.6 is 0 Å². The summed E-state index contributed by atoms with van der Waals surface area (Å²) in [6.07, 6.45) is 0. The summed E-state index contributed by atoms with van der Waals surface area (Å²) >= 11 is 0. The van der Waals surface area contributed by atoms with E-state index in [0.717, 1.165) is 10.2 Å².